The third kappa shape index (κ3) is 15.4. The van der Waals surface area contributed by atoms with E-state index in [1.807, 2.05) is 0 Å². The largest absolute Gasteiger partial charge is 0.313 e. The fourth-order valence-corrected chi connectivity index (χ4v) is 3.77. The van der Waals surface area contributed by atoms with Crippen molar-refractivity contribution in [2.45, 2.75) is 79.2 Å². The molecule has 0 rings (SSSR count). The molecule has 0 heterocycles. The van der Waals surface area contributed by atoms with E-state index >= 15 is 0 Å². The van der Waals surface area contributed by atoms with Crippen molar-refractivity contribution in [2.24, 2.45) is 5.92 Å². The number of hydrogen-bond donors (Lipinski definition) is 1. The van der Waals surface area contributed by atoms with Crippen LogP contribution >= 0.6 is 0 Å². The first-order valence-electron chi connectivity index (χ1n) is 11.8. The Morgan fingerprint density at radius 1 is 0.778 bits per heavy atom. The van der Waals surface area contributed by atoms with Crippen molar-refractivity contribution in [3.05, 3.63) is 0 Å². The Morgan fingerprint density at radius 3 is 2.07 bits per heavy atom. The van der Waals surface area contributed by atoms with E-state index in [0.29, 0.717) is 6.04 Å². The fourth-order valence-electron chi connectivity index (χ4n) is 3.77. The molecule has 4 nitrogen and oxygen atoms in total. The van der Waals surface area contributed by atoms with Crippen molar-refractivity contribution in [2.75, 3.05) is 66.5 Å². The first-order chi connectivity index (χ1) is 13.0. The average Bonchev–Trinajstić information content (AvgIpc) is 2.66. The van der Waals surface area contributed by atoms with E-state index in [1.54, 1.807) is 0 Å². The first-order valence-corrected chi connectivity index (χ1v) is 11.8. The van der Waals surface area contributed by atoms with Gasteiger partial charge in [-0.05, 0) is 78.4 Å². The summed E-state index contributed by atoms with van der Waals surface area (Å²) >= 11 is 0. The van der Waals surface area contributed by atoms with E-state index in [4.69, 9.17) is 0 Å². The topological polar surface area (TPSA) is 21.8 Å². The molecule has 2 unspecified atom stereocenters. The summed E-state index contributed by atoms with van der Waals surface area (Å²) in [4.78, 5) is 7.52. The molecule has 0 spiro atoms. The van der Waals surface area contributed by atoms with Crippen LogP contribution in [0.5, 0.6) is 0 Å². The molecule has 0 aliphatic carbocycles. The summed E-state index contributed by atoms with van der Waals surface area (Å²) in [5, 5.41) is 3.79. The number of likely N-dealkylation sites (N-methyl/N-ethyl adjacent to an activating group) is 1. The summed E-state index contributed by atoms with van der Waals surface area (Å²) in [6.07, 6.45) is 7.83. The minimum Gasteiger partial charge on any atom is -0.313 e. The predicted molar refractivity (Wildman–Crippen MR) is 123 cm³/mol. The fraction of sp³-hybridized carbons (Fsp3) is 1.00. The van der Waals surface area contributed by atoms with Gasteiger partial charge in [0.2, 0.25) is 0 Å². The van der Waals surface area contributed by atoms with Crippen LogP contribution in [0.1, 0.15) is 73.1 Å². The lowest BCUT2D eigenvalue weighted by Crippen LogP contribution is -2.38. The highest BCUT2D eigenvalue weighted by Gasteiger charge is 2.10. The zero-order valence-electron chi connectivity index (χ0n) is 19.9. The minimum atomic E-state index is 0.655. The van der Waals surface area contributed by atoms with Crippen LogP contribution in [0.3, 0.4) is 0 Å². The van der Waals surface area contributed by atoms with Crippen molar-refractivity contribution < 1.29 is 0 Å². The Morgan fingerprint density at radius 2 is 1.48 bits per heavy atom. The molecule has 4 heteroatoms. The molecule has 0 aliphatic heterocycles. The van der Waals surface area contributed by atoms with Gasteiger partial charge in [-0.15, -0.1) is 0 Å². The van der Waals surface area contributed by atoms with Gasteiger partial charge in [-0.3, -0.25) is 0 Å². The number of nitrogens with one attached hydrogen (secondary N) is 1. The van der Waals surface area contributed by atoms with E-state index in [2.05, 4.69) is 68.7 Å². The van der Waals surface area contributed by atoms with Gasteiger partial charge in [-0.2, -0.15) is 0 Å². The van der Waals surface area contributed by atoms with Crippen LogP contribution in [0.4, 0.5) is 0 Å². The second-order valence-electron chi connectivity index (χ2n) is 8.54. The Hall–Kier alpha value is -0.160. The van der Waals surface area contributed by atoms with E-state index in [-0.39, 0.29) is 0 Å². The summed E-state index contributed by atoms with van der Waals surface area (Å²) in [5.41, 5.74) is 0. The molecular weight excluding hydrogens is 332 g/mol. The van der Waals surface area contributed by atoms with E-state index in [1.165, 1.54) is 77.8 Å². The molecule has 0 fully saturated rings. The molecule has 2 atom stereocenters. The lowest BCUT2D eigenvalue weighted by Gasteiger charge is -2.25. The van der Waals surface area contributed by atoms with Gasteiger partial charge >= 0.3 is 0 Å². The lowest BCUT2D eigenvalue weighted by molar-refractivity contribution is 0.248. The zero-order valence-corrected chi connectivity index (χ0v) is 19.9. The van der Waals surface area contributed by atoms with Gasteiger partial charge in [0.1, 0.15) is 0 Å². The van der Waals surface area contributed by atoms with Crippen molar-refractivity contribution in [1.82, 2.24) is 20.0 Å². The normalized spacial score (nSPS) is 14.4. The quantitative estimate of drug-likeness (QED) is 0.361. The maximum atomic E-state index is 3.79. The number of nitrogens with zero attached hydrogens (tertiary/aromatic N) is 3. The summed E-state index contributed by atoms with van der Waals surface area (Å²) in [7, 11) is 4.55. The van der Waals surface area contributed by atoms with E-state index in [0.717, 1.165) is 19.0 Å². The summed E-state index contributed by atoms with van der Waals surface area (Å²) < 4.78 is 0. The van der Waals surface area contributed by atoms with Crippen LogP contribution in [0.2, 0.25) is 0 Å². The minimum absolute atomic E-state index is 0.655. The van der Waals surface area contributed by atoms with Crippen molar-refractivity contribution in [3.8, 4) is 0 Å². The van der Waals surface area contributed by atoms with Crippen molar-refractivity contribution in [3.63, 3.8) is 0 Å². The second-order valence-corrected chi connectivity index (χ2v) is 8.54. The number of unbranched alkanes of at least 4 members (excludes halogenated alkanes) is 1. The van der Waals surface area contributed by atoms with E-state index < -0.39 is 0 Å². The molecule has 1 N–H and O–H groups in total. The highest BCUT2D eigenvalue weighted by atomic mass is 15.1. The predicted octanol–water partition coefficient (Wildman–Crippen LogP) is 4.17. The molecule has 27 heavy (non-hydrogen) atoms. The summed E-state index contributed by atoms with van der Waals surface area (Å²) in [5.74, 6) is 0.827. The third-order valence-corrected chi connectivity index (χ3v) is 5.86. The van der Waals surface area contributed by atoms with Crippen LogP contribution < -0.4 is 5.32 Å². The Kier molecular flexibility index (Phi) is 17.8. The molecule has 0 radical (unpaired) electrons. The summed E-state index contributed by atoms with van der Waals surface area (Å²) in [6, 6.07) is 0.655. The number of hydrogen-bond acceptors (Lipinski definition) is 4. The van der Waals surface area contributed by atoms with Crippen LogP contribution in [-0.4, -0.2) is 87.2 Å². The Bertz CT molecular complexity index is 307. The third-order valence-electron chi connectivity index (χ3n) is 5.86. The molecule has 0 aromatic heterocycles. The van der Waals surface area contributed by atoms with Gasteiger partial charge in [-0.1, -0.05) is 47.5 Å². The molecule has 0 saturated heterocycles. The molecule has 0 amide bonds. The molecule has 0 aromatic rings. The maximum absolute atomic E-state index is 3.79. The van der Waals surface area contributed by atoms with Crippen LogP contribution in [0, 0.1) is 5.92 Å². The van der Waals surface area contributed by atoms with Gasteiger partial charge in [-0.25, -0.2) is 0 Å². The van der Waals surface area contributed by atoms with Gasteiger partial charge in [0, 0.05) is 25.7 Å². The zero-order chi connectivity index (χ0) is 20.5. The van der Waals surface area contributed by atoms with Crippen LogP contribution in [0.15, 0.2) is 0 Å². The molecular formula is C23H52N4. The van der Waals surface area contributed by atoms with Crippen LogP contribution in [-0.2, 0) is 0 Å². The first kappa shape index (κ1) is 26.8. The number of rotatable bonds is 19. The van der Waals surface area contributed by atoms with Gasteiger partial charge in [0.25, 0.3) is 0 Å². The molecule has 0 saturated carbocycles. The van der Waals surface area contributed by atoms with Crippen molar-refractivity contribution >= 4 is 0 Å². The molecule has 0 bridgehead atoms. The van der Waals surface area contributed by atoms with Gasteiger partial charge in [0.05, 0.1) is 0 Å². The Labute approximate surface area is 172 Å². The monoisotopic (exact) mass is 384 g/mol. The molecule has 0 aliphatic rings. The summed E-state index contributed by atoms with van der Waals surface area (Å²) in [6.45, 7) is 21.0. The molecule has 164 valence electrons. The standard InChI is InChI=1S/C23H52N4/c1-8-12-14-22(5)21-26(7)19-15-23(9-2)24-16-20-25(6)17-13-18-27(10-3)11-4/h22-24H,8-21H2,1-7H3. The van der Waals surface area contributed by atoms with Gasteiger partial charge < -0.3 is 20.0 Å². The molecule has 0 aromatic carbocycles. The highest BCUT2D eigenvalue weighted by Crippen LogP contribution is 2.09. The average molecular weight is 385 g/mol. The van der Waals surface area contributed by atoms with Crippen molar-refractivity contribution in [1.29, 1.82) is 0 Å². The lowest BCUT2D eigenvalue weighted by atomic mass is 10.0. The Balaban J connectivity index is 3.84. The van der Waals surface area contributed by atoms with Gasteiger partial charge in [0.15, 0.2) is 0 Å². The highest BCUT2D eigenvalue weighted by molar-refractivity contribution is 4.69. The van der Waals surface area contributed by atoms with E-state index in [9.17, 15) is 0 Å². The van der Waals surface area contributed by atoms with Crippen LogP contribution in [0.25, 0.3) is 0 Å². The second kappa shape index (κ2) is 17.9. The SMILES string of the molecule is CCCCC(C)CN(C)CCC(CC)NCCN(C)CCCN(CC)CC. The maximum Gasteiger partial charge on any atom is 0.0104 e. The smallest absolute Gasteiger partial charge is 0.0104 e.